The van der Waals surface area contributed by atoms with Gasteiger partial charge in [-0.1, -0.05) is 31.5 Å². The van der Waals surface area contributed by atoms with Gasteiger partial charge in [0.2, 0.25) is 15.9 Å². The van der Waals surface area contributed by atoms with E-state index in [0.29, 0.717) is 31.0 Å². The van der Waals surface area contributed by atoms with Crippen LogP contribution in [0.25, 0.3) is 0 Å². The Hall–Kier alpha value is -2.58. The summed E-state index contributed by atoms with van der Waals surface area (Å²) < 4.78 is 27.0. The van der Waals surface area contributed by atoms with Crippen molar-refractivity contribution in [2.75, 3.05) is 42.1 Å². The Balaban J connectivity index is 2.18. The summed E-state index contributed by atoms with van der Waals surface area (Å²) in [6, 6.07) is 12.4. The van der Waals surface area contributed by atoms with E-state index >= 15 is 0 Å². The first-order valence-electron chi connectivity index (χ1n) is 9.80. The monoisotopic (exact) mass is 418 g/mol. The molecule has 0 spiro atoms. The van der Waals surface area contributed by atoms with Gasteiger partial charge in [0.05, 0.1) is 22.8 Å². The molecule has 3 N–H and O–H groups in total. The number of rotatable bonds is 10. The second kappa shape index (κ2) is 10.3. The normalized spacial score (nSPS) is 11.3. The average molecular weight is 419 g/mol. The van der Waals surface area contributed by atoms with Crippen LogP contribution in [0.5, 0.6) is 0 Å². The van der Waals surface area contributed by atoms with E-state index in [-0.39, 0.29) is 17.3 Å². The molecule has 8 heteroatoms. The van der Waals surface area contributed by atoms with Crippen molar-refractivity contribution in [1.82, 2.24) is 4.31 Å². The average Bonchev–Trinajstić information content (AvgIpc) is 2.70. The second-order valence-electron chi connectivity index (χ2n) is 6.59. The van der Waals surface area contributed by atoms with Crippen molar-refractivity contribution in [3.8, 4) is 0 Å². The lowest BCUT2D eigenvalue weighted by atomic mass is 10.2. The lowest BCUT2D eigenvalue weighted by molar-refractivity contribution is -0.114. The summed E-state index contributed by atoms with van der Waals surface area (Å²) >= 11 is 0. The fourth-order valence-corrected chi connectivity index (χ4v) is 4.39. The quantitative estimate of drug-likeness (QED) is 0.549. The molecular formula is C21H30N4O3S. The van der Waals surface area contributed by atoms with Gasteiger partial charge in [-0.15, -0.1) is 0 Å². The number of hydrogen-bond donors (Lipinski definition) is 3. The van der Waals surface area contributed by atoms with Crippen molar-refractivity contribution in [3.05, 3.63) is 48.0 Å². The molecule has 0 atom stereocenters. The van der Waals surface area contributed by atoms with Gasteiger partial charge in [-0.05, 0) is 44.2 Å². The molecule has 0 aliphatic heterocycles. The standard InChI is InChI=1S/C21H30N4O3S/c1-5-22-19-13-12-18(29(27,28)25(6-2)7-3)14-20(19)23-15-21(26)24-17-10-8-16(4)9-11-17/h8-14,22-23H,5-7,15H2,1-4H3,(H,24,26). The van der Waals surface area contributed by atoms with E-state index in [0.717, 1.165) is 11.3 Å². The molecule has 0 saturated heterocycles. The number of aryl methyl sites for hydroxylation is 1. The molecule has 2 aromatic carbocycles. The SMILES string of the molecule is CCNc1ccc(S(=O)(=O)N(CC)CC)cc1NCC(=O)Nc1ccc(C)cc1. The summed E-state index contributed by atoms with van der Waals surface area (Å²) in [4.78, 5) is 12.5. The number of amides is 1. The third-order valence-electron chi connectivity index (χ3n) is 4.48. The maximum absolute atomic E-state index is 12.8. The highest BCUT2D eigenvalue weighted by Gasteiger charge is 2.22. The van der Waals surface area contributed by atoms with Crippen LogP contribution < -0.4 is 16.0 Å². The third-order valence-corrected chi connectivity index (χ3v) is 6.52. The first-order chi connectivity index (χ1) is 13.8. The Morgan fingerprint density at radius 1 is 0.931 bits per heavy atom. The van der Waals surface area contributed by atoms with E-state index in [4.69, 9.17) is 0 Å². The summed E-state index contributed by atoms with van der Waals surface area (Å²) in [5, 5.41) is 9.07. The predicted octanol–water partition coefficient (Wildman–Crippen LogP) is 3.51. The van der Waals surface area contributed by atoms with E-state index in [1.807, 2.05) is 52.0 Å². The topological polar surface area (TPSA) is 90.5 Å². The van der Waals surface area contributed by atoms with Gasteiger partial charge >= 0.3 is 0 Å². The van der Waals surface area contributed by atoms with Gasteiger partial charge in [0.15, 0.2) is 0 Å². The van der Waals surface area contributed by atoms with Gasteiger partial charge in [-0.3, -0.25) is 4.79 Å². The number of nitrogens with zero attached hydrogens (tertiary/aromatic N) is 1. The Morgan fingerprint density at radius 3 is 2.17 bits per heavy atom. The van der Waals surface area contributed by atoms with E-state index in [1.165, 1.54) is 4.31 Å². The van der Waals surface area contributed by atoms with E-state index in [1.54, 1.807) is 18.2 Å². The van der Waals surface area contributed by atoms with Crippen molar-refractivity contribution >= 4 is 33.0 Å². The van der Waals surface area contributed by atoms with E-state index < -0.39 is 10.0 Å². The highest BCUT2D eigenvalue weighted by Crippen LogP contribution is 2.27. The summed E-state index contributed by atoms with van der Waals surface area (Å²) in [6.07, 6.45) is 0. The number of carbonyl (C=O) groups excluding carboxylic acids is 1. The molecule has 7 nitrogen and oxygen atoms in total. The molecule has 158 valence electrons. The van der Waals surface area contributed by atoms with Crippen molar-refractivity contribution in [2.24, 2.45) is 0 Å². The maximum Gasteiger partial charge on any atom is 0.243 e. The lowest BCUT2D eigenvalue weighted by Gasteiger charge is -2.20. The maximum atomic E-state index is 12.8. The molecule has 29 heavy (non-hydrogen) atoms. The Labute approximate surface area is 173 Å². The fourth-order valence-electron chi connectivity index (χ4n) is 2.90. The molecule has 2 aromatic rings. The van der Waals surface area contributed by atoms with Gasteiger partial charge in [0.25, 0.3) is 0 Å². The molecule has 0 aromatic heterocycles. The molecule has 0 aliphatic carbocycles. The van der Waals surface area contributed by atoms with Crippen molar-refractivity contribution in [1.29, 1.82) is 0 Å². The number of benzene rings is 2. The van der Waals surface area contributed by atoms with Gasteiger partial charge < -0.3 is 16.0 Å². The highest BCUT2D eigenvalue weighted by molar-refractivity contribution is 7.89. The summed E-state index contributed by atoms with van der Waals surface area (Å²) in [6.45, 7) is 9.03. The van der Waals surface area contributed by atoms with Crippen molar-refractivity contribution in [3.63, 3.8) is 0 Å². The minimum atomic E-state index is -3.58. The largest absolute Gasteiger partial charge is 0.384 e. The second-order valence-corrected chi connectivity index (χ2v) is 8.53. The lowest BCUT2D eigenvalue weighted by Crippen LogP contribution is -2.30. The number of nitrogens with one attached hydrogen (secondary N) is 3. The van der Waals surface area contributed by atoms with Crippen molar-refractivity contribution in [2.45, 2.75) is 32.6 Å². The van der Waals surface area contributed by atoms with E-state index in [9.17, 15) is 13.2 Å². The first-order valence-corrected chi connectivity index (χ1v) is 11.2. The van der Waals surface area contributed by atoms with Crippen LogP contribution in [0.1, 0.15) is 26.3 Å². The molecule has 0 unspecified atom stereocenters. The van der Waals surface area contributed by atoms with Crippen LogP contribution in [0.4, 0.5) is 17.1 Å². The van der Waals surface area contributed by atoms with Crippen LogP contribution in [0.2, 0.25) is 0 Å². The Bertz CT molecular complexity index is 923. The van der Waals surface area contributed by atoms with Crippen LogP contribution in [-0.4, -0.2) is 44.8 Å². The number of carbonyl (C=O) groups is 1. The van der Waals surface area contributed by atoms with Gasteiger partial charge in [0, 0.05) is 25.3 Å². The molecule has 1 amide bonds. The zero-order chi connectivity index (χ0) is 21.4. The Morgan fingerprint density at radius 2 is 1.59 bits per heavy atom. The molecule has 0 radical (unpaired) electrons. The molecule has 0 fully saturated rings. The summed E-state index contributed by atoms with van der Waals surface area (Å²) in [5.41, 5.74) is 3.14. The minimum absolute atomic E-state index is 0.0149. The molecular weight excluding hydrogens is 388 g/mol. The predicted molar refractivity (Wildman–Crippen MR) is 119 cm³/mol. The van der Waals surface area contributed by atoms with Gasteiger partial charge in [0.1, 0.15) is 0 Å². The summed E-state index contributed by atoms with van der Waals surface area (Å²) in [5.74, 6) is -0.215. The number of sulfonamides is 1. The molecule has 2 rings (SSSR count). The minimum Gasteiger partial charge on any atom is -0.384 e. The van der Waals surface area contributed by atoms with Crippen LogP contribution in [0.3, 0.4) is 0 Å². The fraction of sp³-hybridized carbons (Fsp3) is 0.381. The van der Waals surface area contributed by atoms with Crippen LogP contribution >= 0.6 is 0 Å². The van der Waals surface area contributed by atoms with Gasteiger partial charge in [-0.25, -0.2) is 8.42 Å². The Kier molecular flexibility index (Phi) is 8.04. The van der Waals surface area contributed by atoms with Crippen molar-refractivity contribution < 1.29 is 13.2 Å². The number of anilines is 3. The number of hydrogen-bond acceptors (Lipinski definition) is 5. The molecule has 0 heterocycles. The third kappa shape index (κ3) is 5.95. The van der Waals surface area contributed by atoms with Crippen LogP contribution in [0, 0.1) is 6.92 Å². The van der Waals surface area contributed by atoms with Gasteiger partial charge in [-0.2, -0.15) is 4.31 Å². The molecule has 0 aliphatic rings. The zero-order valence-corrected chi connectivity index (χ0v) is 18.3. The first kappa shape index (κ1) is 22.7. The van der Waals surface area contributed by atoms with Crippen LogP contribution in [0.15, 0.2) is 47.4 Å². The van der Waals surface area contributed by atoms with Crippen LogP contribution in [-0.2, 0) is 14.8 Å². The smallest absolute Gasteiger partial charge is 0.243 e. The zero-order valence-electron chi connectivity index (χ0n) is 17.5. The molecule has 0 bridgehead atoms. The van der Waals surface area contributed by atoms with E-state index in [2.05, 4.69) is 16.0 Å². The summed E-state index contributed by atoms with van der Waals surface area (Å²) in [7, 11) is -3.58. The molecule has 0 saturated carbocycles. The highest BCUT2D eigenvalue weighted by atomic mass is 32.2.